The monoisotopic (exact) mass is 517 g/mol. The number of nitrogens with one attached hydrogen (secondary N) is 1. The predicted octanol–water partition coefficient (Wildman–Crippen LogP) is 4.57. The molecule has 0 unspecified atom stereocenters. The Hall–Kier alpha value is -0.320. The molecule has 0 aliphatic rings. The standard InChI is InChI=1S/C30H63N3O.ClH/c1-6-7-8-9-10-11-12-13-14-15-16-17-18-19-22-25-28-33(4,5)29-30(34)31-26-23-20-21-24-27-32(2)3;/h6-29H2,1-5H3;1H. The van der Waals surface area contributed by atoms with Gasteiger partial charge >= 0.3 is 0 Å². The number of rotatable bonds is 26. The van der Waals surface area contributed by atoms with Gasteiger partial charge in [0.05, 0.1) is 20.6 Å². The number of nitrogens with zero attached hydrogens (tertiary/aromatic N) is 2. The van der Waals surface area contributed by atoms with Crippen molar-refractivity contribution in [3.05, 3.63) is 0 Å². The molecule has 0 aliphatic heterocycles. The van der Waals surface area contributed by atoms with E-state index in [0.717, 1.165) is 30.5 Å². The van der Waals surface area contributed by atoms with Crippen LogP contribution in [0.2, 0.25) is 0 Å². The van der Waals surface area contributed by atoms with Gasteiger partial charge in [-0.05, 0) is 46.3 Å². The van der Waals surface area contributed by atoms with Crippen molar-refractivity contribution in [2.45, 2.75) is 135 Å². The average molecular weight is 518 g/mol. The molecule has 0 saturated carbocycles. The largest absolute Gasteiger partial charge is 1.00 e. The Labute approximate surface area is 227 Å². The summed E-state index contributed by atoms with van der Waals surface area (Å²) in [4.78, 5) is 14.5. The molecule has 1 N–H and O–H groups in total. The van der Waals surface area contributed by atoms with Crippen LogP contribution >= 0.6 is 0 Å². The lowest BCUT2D eigenvalue weighted by molar-refractivity contribution is -0.882. The Morgan fingerprint density at radius 2 is 1.03 bits per heavy atom. The molecule has 1 amide bonds. The summed E-state index contributed by atoms with van der Waals surface area (Å²) < 4.78 is 0.813. The summed E-state index contributed by atoms with van der Waals surface area (Å²) in [7, 11) is 8.65. The molecule has 0 aromatic heterocycles. The molecule has 5 heteroatoms. The zero-order valence-electron chi connectivity index (χ0n) is 24.7. The molecule has 4 nitrogen and oxygen atoms in total. The van der Waals surface area contributed by atoms with Gasteiger partial charge in [-0.3, -0.25) is 4.79 Å². The molecule has 0 fully saturated rings. The van der Waals surface area contributed by atoms with Crippen LogP contribution < -0.4 is 17.7 Å². The van der Waals surface area contributed by atoms with E-state index in [9.17, 15) is 4.79 Å². The van der Waals surface area contributed by atoms with Gasteiger partial charge in [0.15, 0.2) is 6.54 Å². The molecule has 0 spiro atoms. The second-order valence-corrected chi connectivity index (χ2v) is 11.7. The minimum atomic E-state index is 0. The summed E-state index contributed by atoms with van der Waals surface area (Å²) in [6.45, 7) is 6.01. The molecule has 0 heterocycles. The van der Waals surface area contributed by atoms with E-state index in [1.165, 1.54) is 122 Å². The van der Waals surface area contributed by atoms with E-state index in [4.69, 9.17) is 0 Å². The van der Waals surface area contributed by atoms with Crippen LogP contribution in [0.25, 0.3) is 0 Å². The van der Waals surface area contributed by atoms with Gasteiger partial charge in [0.2, 0.25) is 0 Å². The van der Waals surface area contributed by atoms with Crippen molar-refractivity contribution in [3.8, 4) is 0 Å². The molecule has 212 valence electrons. The smallest absolute Gasteiger partial charge is 0.275 e. The van der Waals surface area contributed by atoms with Gasteiger partial charge < -0.3 is 27.1 Å². The van der Waals surface area contributed by atoms with Crippen molar-refractivity contribution in [1.29, 1.82) is 0 Å². The zero-order valence-corrected chi connectivity index (χ0v) is 25.4. The van der Waals surface area contributed by atoms with Gasteiger partial charge in [-0.2, -0.15) is 0 Å². The van der Waals surface area contributed by atoms with Gasteiger partial charge in [-0.15, -0.1) is 0 Å². The quantitative estimate of drug-likeness (QED) is 0.135. The third-order valence-electron chi connectivity index (χ3n) is 7.04. The molecule has 35 heavy (non-hydrogen) atoms. The topological polar surface area (TPSA) is 32.3 Å². The maximum Gasteiger partial charge on any atom is 0.275 e. The number of carbonyl (C=O) groups is 1. The average Bonchev–Trinajstić information content (AvgIpc) is 2.77. The summed E-state index contributed by atoms with van der Waals surface area (Å²) in [5.74, 6) is 0.217. The van der Waals surface area contributed by atoms with Gasteiger partial charge in [0, 0.05) is 6.54 Å². The van der Waals surface area contributed by atoms with Crippen molar-refractivity contribution in [2.75, 3.05) is 54.4 Å². The van der Waals surface area contributed by atoms with Crippen molar-refractivity contribution >= 4 is 5.91 Å². The van der Waals surface area contributed by atoms with Crippen LogP contribution in [-0.2, 0) is 4.79 Å². The first-order valence-electron chi connectivity index (χ1n) is 15.1. The Kier molecular flexibility index (Phi) is 28.1. The van der Waals surface area contributed by atoms with E-state index in [2.05, 4.69) is 45.3 Å². The van der Waals surface area contributed by atoms with E-state index in [1.54, 1.807) is 0 Å². The third kappa shape index (κ3) is 29.8. The first-order chi connectivity index (χ1) is 16.4. The Morgan fingerprint density at radius 1 is 0.629 bits per heavy atom. The van der Waals surface area contributed by atoms with E-state index in [0.29, 0.717) is 6.54 Å². The number of quaternary nitrogens is 1. The maximum atomic E-state index is 12.3. The lowest BCUT2D eigenvalue weighted by Crippen LogP contribution is -3.00. The lowest BCUT2D eigenvalue weighted by Gasteiger charge is -2.29. The minimum Gasteiger partial charge on any atom is -1.00 e. The SMILES string of the molecule is CCCCCCCCCCCCCCCCCC[N+](C)(C)CC(=O)NCCCCCCN(C)C.[Cl-]. The Balaban J connectivity index is 0. The van der Waals surface area contributed by atoms with Gasteiger partial charge in [0.25, 0.3) is 5.91 Å². The predicted molar refractivity (Wildman–Crippen MR) is 151 cm³/mol. The molecule has 0 aromatic rings. The second kappa shape index (κ2) is 26.7. The molecular formula is C30H64ClN3O. The highest BCUT2D eigenvalue weighted by Crippen LogP contribution is 2.14. The summed E-state index contributed by atoms with van der Waals surface area (Å²) >= 11 is 0. The first kappa shape index (κ1) is 36.8. The van der Waals surface area contributed by atoms with Crippen molar-refractivity contribution in [3.63, 3.8) is 0 Å². The zero-order chi connectivity index (χ0) is 25.3. The van der Waals surface area contributed by atoms with Gasteiger partial charge in [-0.25, -0.2) is 0 Å². The number of likely N-dealkylation sites (N-methyl/N-ethyl adjacent to an activating group) is 1. The van der Waals surface area contributed by atoms with E-state index >= 15 is 0 Å². The maximum absolute atomic E-state index is 12.3. The fraction of sp³-hybridized carbons (Fsp3) is 0.967. The minimum absolute atomic E-state index is 0. The third-order valence-corrected chi connectivity index (χ3v) is 7.04. The molecule has 0 radical (unpaired) electrons. The van der Waals surface area contributed by atoms with Crippen LogP contribution in [0.15, 0.2) is 0 Å². The highest BCUT2D eigenvalue weighted by molar-refractivity contribution is 5.76. The van der Waals surface area contributed by atoms with Crippen LogP contribution in [0, 0.1) is 0 Å². The highest BCUT2D eigenvalue weighted by atomic mass is 35.5. The summed E-state index contributed by atoms with van der Waals surface area (Å²) in [6, 6.07) is 0. The molecule has 0 aliphatic carbocycles. The fourth-order valence-electron chi connectivity index (χ4n) is 4.75. The molecule has 0 atom stereocenters. The second-order valence-electron chi connectivity index (χ2n) is 11.7. The van der Waals surface area contributed by atoms with Crippen LogP contribution in [0.4, 0.5) is 0 Å². The normalized spacial score (nSPS) is 11.6. The van der Waals surface area contributed by atoms with Gasteiger partial charge in [0.1, 0.15) is 0 Å². The highest BCUT2D eigenvalue weighted by Gasteiger charge is 2.19. The van der Waals surface area contributed by atoms with Crippen LogP contribution in [0.1, 0.15) is 135 Å². The van der Waals surface area contributed by atoms with Crippen LogP contribution in [0.5, 0.6) is 0 Å². The molecule has 0 rings (SSSR count). The molecule has 0 bridgehead atoms. The van der Waals surface area contributed by atoms with Crippen molar-refractivity contribution in [2.24, 2.45) is 0 Å². The summed E-state index contributed by atoms with van der Waals surface area (Å²) in [5, 5.41) is 3.13. The lowest BCUT2D eigenvalue weighted by atomic mass is 10.0. The van der Waals surface area contributed by atoms with Crippen molar-refractivity contribution < 1.29 is 21.7 Å². The Morgan fingerprint density at radius 3 is 1.49 bits per heavy atom. The summed E-state index contributed by atoms with van der Waals surface area (Å²) in [5.41, 5.74) is 0. The van der Waals surface area contributed by atoms with E-state index < -0.39 is 0 Å². The Bertz CT molecular complexity index is 443. The van der Waals surface area contributed by atoms with Gasteiger partial charge in [-0.1, -0.05) is 110 Å². The van der Waals surface area contributed by atoms with E-state index in [-0.39, 0.29) is 18.3 Å². The van der Waals surface area contributed by atoms with Crippen LogP contribution in [0.3, 0.4) is 0 Å². The molecular weight excluding hydrogens is 454 g/mol. The summed E-state index contributed by atoms with van der Waals surface area (Å²) in [6.07, 6.45) is 27.3. The molecule has 0 aromatic carbocycles. The fourth-order valence-corrected chi connectivity index (χ4v) is 4.75. The number of carbonyl (C=O) groups excluding carboxylic acids is 1. The number of hydrogen-bond acceptors (Lipinski definition) is 2. The number of amides is 1. The van der Waals surface area contributed by atoms with E-state index in [1.807, 2.05) is 0 Å². The van der Waals surface area contributed by atoms with Crippen LogP contribution in [-0.4, -0.2) is 69.7 Å². The number of halogens is 1. The number of unbranched alkanes of at least 4 members (excludes halogenated alkanes) is 18. The number of hydrogen-bond donors (Lipinski definition) is 1. The first-order valence-corrected chi connectivity index (χ1v) is 15.1. The molecule has 0 saturated heterocycles. The van der Waals surface area contributed by atoms with Crippen molar-refractivity contribution in [1.82, 2.24) is 10.2 Å².